The quantitative estimate of drug-likeness (QED) is 0.323. The van der Waals surface area contributed by atoms with Crippen LogP contribution in [0, 0.1) is 11.8 Å². The monoisotopic (exact) mass is 342 g/mol. The molecule has 142 valence electrons. The molecule has 0 spiro atoms. The molecule has 0 aromatic heterocycles. The van der Waals surface area contributed by atoms with E-state index >= 15 is 0 Å². The van der Waals surface area contributed by atoms with E-state index in [1.807, 2.05) is 0 Å². The Bertz CT molecular complexity index is 328. The van der Waals surface area contributed by atoms with Gasteiger partial charge in [-0.3, -0.25) is 9.59 Å². The molecule has 0 aliphatic rings. The van der Waals surface area contributed by atoms with Crippen LogP contribution in [0.15, 0.2) is 0 Å². The Morgan fingerprint density at radius 3 is 1.88 bits per heavy atom. The highest BCUT2D eigenvalue weighted by atomic mass is 16.4. The Hall–Kier alpha value is -1.06. The van der Waals surface area contributed by atoms with Gasteiger partial charge in [0.25, 0.3) is 0 Å². The van der Waals surface area contributed by atoms with Gasteiger partial charge in [-0.1, -0.05) is 78.1 Å². The third-order valence-electron chi connectivity index (χ3n) is 4.95. The van der Waals surface area contributed by atoms with Crippen LogP contribution >= 0.6 is 0 Å². The topological polar surface area (TPSA) is 74.6 Å². The van der Waals surface area contributed by atoms with Crippen LogP contribution in [-0.4, -0.2) is 22.2 Å². The summed E-state index contributed by atoms with van der Waals surface area (Å²) in [5.74, 6) is -0.958. The van der Waals surface area contributed by atoms with E-state index < -0.39 is 11.9 Å². The molecule has 4 nitrogen and oxygen atoms in total. The summed E-state index contributed by atoms with van der Waals surface area (Å²) in [6.07, 6.45) is 13.7. The second kappa shape index (κ2) is 15.5. The fourth-order valence-corrected chi connectivity index (χ4v) is 3.28. The zero-order valence-electron chi connectivity index (χ0n) is 15.8. The van der Waals surface area contributed by atoms with E-state index in [2.05, 4.69) is 13.8 Å². The van der Waals surface area contributed by atoms with Gasteiger partial charge in [-0.15, -0.1) is 0 Å². The van der Waals surface area contributed by atoms with Crippen molar-refractivity contribution in [2.75, 3.05) is 0 Å². The van der Waals surface area contributed by atoms with Crippen molar-refractivity contribution in [3.63, 3.8) is 0 Å². The van der Waals surface area contributed by atoms with Crippen LogP contribution in [0.2, 0.25) is 0 Å². The van der Waals surface area contributed by atoms with Gasteiger partial charge >= 0.3 is 11.9 Å². The van der Waals surface area contributed by atoms with E-state index in [9.17, 15) is 14.7 Å². The summed E-state index contributed by atoms with van der Waals surface area (Å²) in [5.41, 5.74) is 0. The molecule has 0 fully saturated rings. The van der Waals surface area contributed by atoms with E-state index in [1.165, 1.54) is 12.8 Å². The molecule has 24 heavy (non-hydrogen) atoms. The van der Waals surface area contributed by atoms with Crippen molar-refractivity contribution >= 4 is 11.9 Å². The van der Waals surface area contributed by atoms with E-state index in [0.29, 0.717) is 5.92 Å². The van der Waals surface area contributed by atoms with Crippen LogP contribution in [-0.2, 0) is 9.59 Å². The summed E-state index contributed by atoms with van der Waals surface area (Å²) >= 11 is 0. The van der Waals surface area contributed by atoms with Crippen molar-refractivity contribution in [2.45, 2.75) is 104 Å². The molecule has 0 radical (unpaired) electrons. The van der Waals surface area contributed by atoms with Crippen LogP contribution in [0.25, 0.3) is 0 Å². The van der Waals surface area contributed by atoms with Crippen molar-refractivity contribution in [1.29, 1.82) is 0 Å². The number of carboxylic acid groups (broad SMARTS) is 2. The van der Waals surface area contributed by atoms with Crippen LogP contribution in [0.1, 0.15) is 104 Å². The number of unbranched alkanes of at least 4 members (excludes halogenated alkanes) is 7. The number of hydrogen-bond acceptors (Lipinski definition) is 2. The Morgan fingerprint density at radius 2 is 1.38 bits per heavy atom. The minimum Gasteiger partial charge on any atom is -0.481 e. The van der Waals surface area contributed by atoms with Gasteiger partial charge in [0.2, 0.25) is 0 Å². The van der Waals surface area contributed by atoms with Crippen LogP contribution in [0.3, 0.4) is 0 Å². The first kappa shape index (κ1) is 22.9. The third-order valence-corrected chi connectivity index (χ3v) is 4.95. The number of carbonyl (C=O) groups is 2. The molecule has 0 amide bonds. The molecule has 2 atom stereocenters. The van der Waals surface area contributed by atoms with Gasteiger partial charge in [-0.2, -0.15) is 0 Å². The molecule has 0 aromatic rings. The smallest absolute Gasteiger partial charge is 0.306 e. The third kappa shape index (κ3) is 13.4. The molecule has 4 heteroatoms. The molecule has 0 bridgehead atoms. The first-order chi connectivity index (χ1) is 11.5. The second-order valence-electron chi connectivity index (χ2n) is 7.09. The Morgan fingerprint density at radius 1 is 0.792 bits per heavy atom. The zero-order chi connectivity index (χ0) is 18.2. The number of rotatable bonds is 17. The summed E-state index contributed by atoms with van der Waals surface area (Å²) in [5, 5.41) is 18.0. The largest absolute Gasteiger partial charge is 0.481 e. The van der Waals surface area contributed by atoms with Gasteiger partial charge in [0, 0.05) is 6.42 Å². The minimum atomic E-state index is -0.709. The summed E-state index contributed by atoms with van der Waals surface area (Å²) in [4.78, 5) is 21.9. The first-order valence-corrected chi connectivity index (χ1v) is 9.95. The Kier molecular flexibility index (Phi) is 14.8. The van der Waals surface area contributed by atoms with Crippen LogP contribution < -0.4 is 0 Å². The van der Waals surface area contributed by atoms with Gasteiger partial charge in [0.05, 0.1) is 5.92 Å². The predicted octanol–water partition coefficient (Wildman–Crippen LogP) is 5.89. The molecule has 0 aliphatic heterocycles. The van der Waals surface area contributed by atoms with E-state index in [0.717, 1.165) is 70.6 Å². The predicted molar refractivity (Wildman–Crippen MR) is 98.2 cm³/mol. The Labute approximate surface area is 148 Å². The van der Waals surface area contributed by atoms with Gasteiger partial charge in [-0.25, -0.2) is 0 Å². The summed E-state index contributed by atoms with van der Waals surface area (Å²) < 4.78 is 0. The van der Waals surface area contributed by atoms with E-state index in [4.69, 9.17) is 5.11 Å². The average molecular weight is 343 g/mol. The van der Waals surface area contributed by atoms with Crippen molar-refractivity contribution in [2.24, 2.45) is 11.8 Å². The van der Waals surface area contributed by atoms with Crippen molar-refractivity contribution in [3.8, 4) is 0 Å². The highest BCUT2D eigenvalue weighted by Gasteiger charge is 2.21. The lowest BCUT2D eigenvalue weighted by Gasteiger charge is -2.19. The lowest BCUT2D eigenvalue weighted by molar-refractivity contribution is -0.142. The highest BCUT2D eigenvalue weighted by molar-refractivity contribution is 5.69. The second-order valence-corrected chi connectivity index (χ2v) is 7.09. The standard InChI is InChI=1S/C20H38O4/c1-3-5-13-17(4-2)16-18(20(23)24)14-11-9-7-6-8-10-12-15-19(21)22/h17-18H,3-16H2,1-2H3,(H,21,22)(H,23,24). The maximum absolute atomic E-state index is 11.5. The maximum Gasteiger partial charge on any atom is 0.306 e. The van der Waals surface area contributed by atoms with Gasteiger partial charge in [0.1, 0.15) is 0 Å². The fraction of sp³-hybridized carbons (Fsp3) is 0.900. The molecule has 0 heterocycles. The molecule has 0 aromatic carbocycles. The normalized spacial score (nSPS) is 13.6. The van der Waals surface area contributed by atoms with Crippen molar-refractivity contribution < 1.29 is 19.8 Å². The van der Waals surface area contributed by atoms with Gasteiger partial charge < -0.3 is 10.2 Å². The van der Waals surface area contributed by atoms with E-state index in [1.54, 1.807) is 0 Å². The molecule has 0 aliphatic carbocycles. The fourth-order valence-electron chi connectivity index (χ4n) is 3.28. The molecule has 0 saturated carbocycles. The minimum absolute atomic E-state index is 0.178. The van der Waals surface area contributed by atoms with E-state index in [-0.39, 0.29) is 12.3 Å². The van der Waals surface area contributed by atoms with Gasteiger partial charge in [-0.05, 0) is 25.2 Å². The summed E-state index contributed by atoms with van der Waals surface area (Å²) in [6, 6.07) is 0. The molecule has 2 unspecified atom stereocenters. The molecule has 2 N–H and O–H groups in total. The van der Waals surface area contributed by atoms with Crippen LogP contribution in [0.4, 0.5) is 0 Å². The molecular formula is C20H38O4. The SMILES string of the molecule is CCCCC(CC)CC(CCCCCCCCCC(=O)O)C(=O)O. The lowest BCUT2D eigenvalue weighted by atomic mass is 9.86. The summed E-state index contributed by atoms with van der Waals surface area (Å²) in [7, 11) is 0. The maximum atomic E-state index is 11.5. The Balaban J connectivity index is 3.78. The zero-order valence-corrected chi connectivity index (χ0v) is 15.8. The van der Waals surface area contributed by atoms with Crippen LogP contribution in [0.5, 0.6) is 0 Å². The van der Waals surface area contributed by atoms with Gasteiger partial charge in [0.15, 0.2) is 0 Å². The van der Waals surface area contributed by atoms with Crippen molar-refractivity contribution in [3.05, 3.63) is 0 Å². The highest BCUT2D eigenvalue weighted by Crippen LogP contribution is 2.25. The molecule has 0 saturated heterocycles. The number of hydrogen-bond donors (Lipinski definition) is 2. The molecular weight excluding hydrogens is 304 g/mol. The summed E-state index contributed by atoms with van der Waals surface area (Å²) in [6.45, 7) is 4.35. The molecule has 0 rings (SSSR count). The number of carboxylic acids is 2. The number of aliphatic carboxylic acids is 2. The average Bonchev–Trinajstić information content (AvgIpc) is 2.54. The van der Waals surface area contributed by atoms with Crippen molar-refractivity contribution in [1.82, 2.24) is 0 Å². The first-order valence-electron chi connectivity index (χ1n) is 9.95. The lowest BCUT2D eigenvalue weighted by Crippen LogP contribution is -2.18.